The summed E-state index contributed by atoms with van der Waals surface area (Å²) in [4.78, 5) is 12.3. The standard InChI is InChI=1S/C19H23FN2O5S/c1-12(14-5-7-15(20)8-6-14)21-19(23)13(2)22-28(24,25)16-9-10-17(26-3)18(11-16)27-4/h5-13,22H,1-4H3,(H,21,23)/t12-,13-/m0/s1. The summed E-state index contributed by atoms with van der Waals surface area (Å²) >= 11 is 0. The first-order valence-electron chi connectivity index (χ1n) is 8.48. The number of nitrogens with one attached hydrogen (secondary N) is 2. The Kier molecular flexibility index (Phi) is 6.98. The molecule has 7 nitrogen and oxygen atoms in total. The average Bonchev–Trinajstić information content (AvgIpc) is 2.67. The zero-order valence-corrected chi connectivity index (χ0v) is 16.8. The van der Waals surface area contributed by atoms with Gasteiger partial charge in [0.25, 0.3) is 0 Å². The number of sulfonamides is 1. The number of ether oxygens (including phenoxy) is 2. The summed E-state index contributed by atoms with van der Waals surface area (Å²) in [6.07, 6.45) is 0. The maximum Gasteiger partial charge on any atom is 0.241 e. The fourth-order valence-corrected chi connectivity index (χ4v) is 3.73. The fourth-order valence-electron chi connectivity index (χ4n) is 2.51. The van der Waals surface area contributed by atoms with Crippen LogP contribution in [0.4, 0.5) is 4.39 Å². The van der Waals surface area contributed by atoms with Gasteiger partial charge in [-0.3, -0.25) is 4.79 Å². The molecule has 0 aliphatic carbocycles. The Morgan fingerprint density at radius 2 is 1.61 bits per heavy atom. The molecule has 0 heterocycles. The van der Waals surface area contributed by atoms with Gasteiger partial charge in [0.2, 0.25) is 15.9 Å². The first-order chi connectivity index (χ1) is 13.2. The Morgan fingerprint density at radius 1 is 1.00 bits per heavy atom. The van der Waals surface area contributed by atoms with Crippen molar-refractivity contribution in [1.29, 1.82) is 0 Å². The van der Waals surface area contributed by atoms with Gasteiger partial charge in [-0.25, -0.2) is 12.8 Å². The summed E-state index contributed by atoms with van der Waals surface area (Å²) in [5.41, 5.74) is 0.699. The first kappa shape index (κ1) is 21.6. The molecule has 0 spiro atoms. The number of hydrogen-bond acceptors (Lipinski definition) is 5. The van der Waals surface area contributed by atoms with Crippen molar-refractivity contribution in [3.05, 3.63) is 53.8 Å². The Labute approximate surface area is 163 Å². The molecule has 0 saturated heterocycles. The SMILES string of the molecule is COc1ccc(S(=O)(=O)N[C@@H](C)C(=O)N[C@@H](C)c2ccc(F)cc2)cc1OC. The molecule has 0 radical (unpaired) electrons. The van der Waals surface area contributed by atoms with E-state index in [1.54, 1.807) is 19.1 Å². The third-order valence-electron chi connectivity index (χ3n) is 4.12. The maximum absolute atomic E-state index is 13.0. The molecule has 0 bridgehead atoms. The van der Waals surface area contributed by atoms with Crippen LogP contribution in [0.2, 0.25) is 0 Å². The number of halogens is 1. The number of benzene rings is 2. The van der Waals surface area contributed by atoms with Gasteiger partial charge in [-0.1, -0.05) is 12.1 Å². The highest BCUT2D eigenvalue weighted by atomic mass is 32.2. The number of carbonyl (C=O) groups excluding carboxylic acids is 1. The van der Waals surface area contributed by atoms with Crippen molar-refractivity contribution in [1.82, 2.24) is 10.0 Å². The second-order valence-corrected chi connectivity index (χ2v) is 7.86. The monoisotopic (exact) mass is 410 g/mol. The normalized spacial score (nSPS) is 13.5. The van der Waals surface area contributed by atoms with Gasteiger partial charge in [0.1, 0.15) is 5.82 Å². The fraction of sp³-hybridized carbons (Fsp3) is 0.316. The lowest BCUT2D eigenvalue weighted by atomic mass is 10.1. The van der Waals surface area contributed by atoms with E-state index in [4.69, 9.17) is 9.47 Å². The molecule has 28 heavy (non-hydrogen) atoms. The van der Waals surface area contributed by atoms with Crippen molar-refractivity contribution in [2.24, 2.45) is 0 Å². The molecule has 0 unspecified atom stereocenters. The van der Waals surface area contributed by atoms with Crippen LogP contribution < -0.4 is 19.5 Å². The minimum absolute atomic E-state index is 0.0589. The molecular weight excluding hydrogens is 387 g/mol. The lowest BCUT2D eigenvalue weighted by molar-refractivity contribution is -0.123. The highest BCUT2D eigenvalue weighted by molar-refractivity contribution is 7.89. The van der Waals surface area contributed by atoms with Crippen LogP contribution in [0.3, 0.4) is 0 Å². The van der Waals surface area contributed by atoms with E-state index in [0.717, 1.165) is 0 Å². The highest BCUT2D eigenvalue weighted by Gasteiger charge is 2.24. The zero-order chi connectivity index (χ0) is 20.9. The van der Waals surface area contributed by atoms with Crippen LogP contribution in [-0.2, 0) is 14.8 Å². The molecular formula is C19H23FN2O5S. The molecule has 0 aliphatic heterocycles. The zero-order valence-electron chi connectivity index (χ0n) is 16.0. The van der Waals surface area contributed by atoms with Crippen molar-refractivity contribution in [2.45, 2.75) is 30.8 Å². The van der Waals surface area contributed by atoms with E-state index in [0.29, 0.717) is 11.3 Å². The van der Waals surface area contributed by atoms with Crippen LogP contribution in [0.1, 0.15) is 25.5 Å². The number of carbonyl (C=O) groups is 1. The lowest BCUT2D eigenvalue weighted by Gasteiger charge is -2.19. The predicted molar refractivity (Wildman–Crippen MR) is 102 cm³/mol. The van der Waals surface area contributed by atoms with Crippen LogP contribution in [0.5, 0.6) is 11.5 Å². The second kappa shape index (κ2) is 9.03. The van der Waals surface area contributed by atoms with Crippen molar-refractivity contribution < 1.29 is 27.1 Å². The lowest BCUT2D eigenvalue weighted by Crippen LogP contribution is -2.45. The summed E-state index contributed by atoms with van der Waals surface area (Å²) < 4.78 is 50.7. The topological polar surface area (TPSA) is 93.7 Å². The Balaban J connectivity index is 2.08. The van der Waals surface area contributed by atoms with Crippen molar-refractivity contribution in [3.8, 4) is 11.5 Å². The molecule has 1 amide bonds. The van der Waals surface area contributed by atoms with Crippen LogP contribution in [0, 0.1) is 5.82 Å². The summed E-state index contributed by atoms with van der Waals surface area (Å²) in [5.74, 6) is -0.244. The third-order valence-corrected chi connectivity index (χ3v) is 5.66. The van der Waals surface area contributed by atoms with E-state index in [9.17, 15) is 17.6 Å². The molecule has 0 saturated carbocycles. The third kappa shape index (κ3) is 5.20. The summed E-state index contributed by atoms with van der Waals surface area (Å²) in [5, 5.41) is 2.70. The molecule has 0 fully saturated rings. The molecule has 2 aromatic rings. The molecule has 2 N–H and O–H groups in total. The van der Waals surface area contributed by atoms with Gasteiger partial charge < -0.3 is 14.8 Å². The molecule has 0 aliphatic rings. The molecule has 9 heteroatoms. The van der Waals surface area contributed by atoms with Crippen LogP contribution in [-0.4, -0.2) is 34.6 Å². The predicted octanol–water partition coefficient (Wildman–Crippen LogP) is 2.39. The van der Waals surface area contributed by atoms with Crippen molar-refractivity contribution >= 4 is 15.9 Å². The molecule has 0 aromatic heterocycles. The quantitative estimate of drug-likeness (QED) is 0.697. The van der Waals surface area contributed by atoms with E-state index in [-0.39, 0.29) is 16.5 Å². The van der Waals surface area contributed by atoms with Crippen LogP contribution >= 0.6 is 0 Å². The minimum Gasteiger partial charge on any atom is -0.493 e. The first-order valence-corrected chi connectivity index (χ1v) is 9.96. The van der Waals surface area contributed by atoms with Crippen molar-refractivity contribution in [3.63, 3.8) is 0 Å². The summed E-state index contributed by atoms with van der Waals surface area (Å²) in [6.45, 7) is 3.16. The van der Waals surface area contributed by atoms with Gasteiger partial charge in [0, 0.05) is 6.07 Å². The largest absolute Gasteiger partial charge is 0.493 e. The van der Waals surface area contributed by atoms with E-state index in [1.807, 2.05) is 0 Å². The van der Waals surface area contributed by atoms with Gasteiger partial charge >= 0.3 is 0 Å². The van der Waals surface area contributed by atoms with E-state index >= 15 is 0 Å². The molecule has 2 rings (SSSR count). The van der Waals surface area contributed by atoms with Gasteiger partial charge in [-0.2, -0.15) is 4.72 Å². The Hall–Kier alpha value is -2.65. The number of hydrogen-bond donors (Lipinski definition) is 2. The summed E-state index contributed by atoms with van der Waals surface area (Å²) in [7, 11) is -1.12. The molecule has 2 atom stereocenters. The molecule has 2 aromatic carbocycles. The van der Waals surface area contributed by atoms with Crippen LogP contribution in [0.25, 0.3) is 0 Å². The van der Waals surface area contributed by atoms with Crippen LogP contribution in [0.15, 0.2) is 47.4 Å². The summed E-state index contributed by atoms with van der Waals surface area (Å²) in [6, 6.07) is 8.39. The Morgan fingerprint density at radius 3 is 2.18 bits per heavy atom. The average molecular weight is 410 g/mol. The number of rotatable bonds is 8. The van der Waals surface area contributed by atoms with E-state index in [2.05, 4.69) is 10.0 Å². The van der Waals surface area contributed by atoms with Gasteiger partial charge in [-0.05, 0) is 43.7 Å². The van der Waals surface area contributed by atoms with Gasteiger partial charge in [0.05, 0.1) is 31.2 Å². The van der Waals surface area contributed by atoms with Crippen molar-refractivity contribution in [2.75, 3.05) is 14.2 Å². The second-order valence-electron chi connectivity index (χ2n) is 6.14. The van der Waals surface area contributed by atoms with E-state index < -0.39 is 28.0 Å². The number of amides is 1. The van der Waals surface area contributed by atoms with Gasteiger partial charge in [0.15, 0.2) is 11.5 Å². The van der Waals surface area contributed by atoms with Gasteiger partial charge in [-0.15, -0.1) is 0 Å². The highest BCUT2D eigenvalue weighted by Crippen LogP contribution is 2.29. The smallest absolute Gasteiger partial charge is 0.241 e. The molecule has 152 valence electrons. The Bertz CT molecular complexity index is 932. The maximum atomic E-state index is 13.0. The van der Waals surface area contributed by atoms with E-state index in [1.165, 1.54) is 51.5 Å². The number of methoxy groups -OCH3 is 2. The minimum atomic E-state index is -3.96.